The van der Waals surface area contributed by atoms with Crippen molar-refractivity contribution in [3.63, 3.8) is 0 Å². The molecular weight excluding hydrogens is 272 g/mol. The lowest BCUT2D eigenvalue weighted by atomic mass is 10.1. The van der Waals surface area contributed by atoms with E-state index in [1.165, 1.54) is 11.8 Å². The number of hydrogen-bond acceptors (Lipinski definition) is 4. The third-order valence-electron chi connectivity index (χ3n) is 2.75. The molecule has 0 radical (unpaired) electrons. The van der Waals surface area contributed by atoms with Gasteiger partial charge < -0.3 is 15.0 Å². The summed E-state index contributed by atoms with van der Waals surface area (Å²) in [5.41, 5.74) is 1.07. The number of amides is 2. The van der Waals surface area contributed by atoms with Gasteiger partial charge in [0.25, 0.3) is 5.91 Å². The molecule has 0 fully saturated rings. The second-order valence-corrected chi connectivity index (χ2v) is 4.38. The molecule has 114 valence electrons. The maximum Gasteiger partial charge on any atom is 0.325 e. The lowest BCUT2D eigenvalue weighted by Crippen LogP contribution is -2.36. The van der Waals surface area contributed by atoms with Gasteiger partial charge in [-0.2, -0.15) is 0 Å². The molecule has 0 aliphatic carbocycles. The molecule has 0 spiro atoms. The van der Waals surface area contributed by atoms with Crippen molar-refractivity contribution in [2.75, 3.05) is 25.0 Å². The minimum Gasteiger partial charge on any atom is -0.465 e. The summed E-state index contributed by atoms with van der Waals surface area (Å²) in [6.07, 6.45) is 0. The van der Waals surface area contributed by atoms with E-state index >= 15 is 0 Å². The summed E-state index contributed by atoms with van der Waals surface area (Å²) >= 11 is 0. The second-order valence-electron chi connectivity index (χ2n) is 4.38. The fraction of sp³-hybridized carbons (Fsp3) is 0.400. The van der Waals surface area contributed by atoms with Crippen LogP contribution in [0.15, 0.2) is 24.3 Å². The first-order valence-corrected chi connectivity index (χ1v) is 6.80. The van der Waals surface area contributed by atoms with Crippen LogP contribution in [0.25, 0.3) is 0 Å². The first-order valence-electron chi connectivity index (χ1n) is 6.80. The zero-order chi connectivity index (χ0) is 15.8. The topological polar surface area (TPSA) is 75.7 Å². The molecule has 0 saturated heterocycles. The van der Waals surface area contributed by atoms with Crippen LogP contribution in [0, 0.1) is 0 Å². The van der Waals surface area contributed by atoms with Gasteiger partial charge in [0.2, 0.25) is 5.91 Å². The maximum atomic E-state index is 12.3. The standard InChI is InChI=1S/C15H20N2O4/c1-4-17(10-14(19)21-5-2)15(20)12-6-8-13(9-7-12)16-11(3)18/h6-9H,4-5,10H2,1-3H3,(H,16,18). The predicted octanol–water partition coefficient (Wildman–Crippen LogP) is 1.67. The van der Waals surface area contributed by atoms with Crippen LogP contribution < -0.4 is 5.32 Å². The summed E-state index contributed by atoms with van der Waals surface area (Å²) in [5.74, 6) is -0.853. The predicted molar refractivity (Wildman–Crippen MR) is 79.0 cm³/mol. The van der Waals surface area contributed by atoms with Crippen LogP contribution in [-0.4, -0.2) is 42.4 Å². The zero-order valence-electron chi connectivity index (χ0n) is 12.5. The third kappa shape index (κ3) is 5.25. The number of nitrogens with zero attached hydrogens (tertiary/aromatic N) is 1. The smallest absolute Gasteiger partial charge is 0.325 e. The molecule has 0 saturated carbocycles. The highest BCUT2D eigenvalue weighted by molar-refractivity contribution is 5.97. The van der Waals surface area contributed by atoms with Crippen molar-refractivity contribution in [1.82, 2.24) is 4.90 Å². The number of rotatable bonds is 6. The van der Waals surface area contributed by atoms with Gasteiger partial charge in [-0.25, -0.2) is 0 Å². The van der Waals surface area contributed by atoms with Crippen LogP contribution in [-0.2, 0) is 14.3 Å². The van der Waals surface area contributed by atoms with E-state index in [-0.39, 0.29) is 25.0 Å². The van der Waals surface area contributed by atoms with Gasteiger partial charge in [0.15, 0.2) is 0 Å². The van der Waals surface area contributed by atoms with Crippen LogP contribution >= 0.6 is 0 Å². The molecule has 0 aromatic heterocycles. The summed E-state index contributed by atoms with van der Waals surface area (Å²) in [6.45, 7) is 5.55. The van der Waals surface area contributed by atoms with Crippen molar-refractivity contribution in [3.05, 3.63) is 29.8 Å². The Morgan fingerprint density at radius 1 is 1.14 bits per heavy atom. The first-order chi connectivity index (χ1) is 9.97. The summed E-state index contributed by atoms with van der Waals surface area (Å²) in [4.78, 5) is 36.1. The lowest BCUT2D eigenvalue weighted by molar-refractivity contribution is -0.143. The number of anilines is 1. The van der Waals surface area contributed by atoms with Gasteiger partial charge in [0, 0.05) is 24.7 Å². The van der Waals surface area contributed by atoms with Crippen LogP contribution in [0.3, 0.4) is 0 Å². The molecule has 0 heterocycles. The van der Waals surface area contributed by atoms with E-state index in [0.717, 1.165) is 0 Å². The molecule has 1 rings (SSSR count). The van der Waals surface area contributed by atoms with Crippen LogP contribution in [0.2, 0.25) is 0 Å². The third-order valence-corrected chi connectivity index (χ3v) is 2.75. The van der Waals surface area contributed by atoms with E-state index in [1.807, 2.05) is 0 Å². The van der Waals surface area contributed by atoms with Gasteiger partial charge >= 0.3 is 5.97 Å². The molecule has 0 bridgehead atoms. The van der Waals surface area contributed by atoms with Crippen molar-refractivity contribution >= 4 is 23.5 Å². The summed E-state index contributed by atoms with van der Waals surface area (Å²) in [5, 5.41) is 2.63. The Balaban J connectivity index is 2.75. The Labute approximate surface area is 124 Å². The summed E-state index contributed by atoms with van der Waals surface area (Å²) in [6, 6.07) is 6.52. The first kappa shape index (κ1) is 16.7. The monoisotopic (exact) mass is 292 g/mol. The van der Waals surface area contributed by atoms with Crippen molar-refractivity contribution in [3.8, 4) is 0 Å². The van der Waals surface area contributed by atoms with Crippen LogP contribution in [0.4, 0.5) is 5.69 Å². The van der Waals surface area contributed by atoms with Gasteiger partial charge in [0.1, 0.15) is 6.54 Å². The van der Waals surface area contributed by atoms with Gasteiger partial charge in [0.05, 0.1) is 6.61 Å². The number of nitrogens with one attached hydrogen (secondary N) is 1. The van der Waals surface area contributed by atoms with E-state index in [1.54, 1.807) is 38.1 Å². The number of ether oxygens (including phenoxy) is 1. The molecule has 2 amide bonds. The Kier molecular flexibility index (Phi) is 6.39. The minimum absolute atomic E-state index is 0.0728. The number of carbonyl (C=O) groups is 3. The molecule has 6 nitrogen and oxygen atoms in total. The molecular formula is C15H20N2O4. The Morgan fingerprint density at radius 2 is 1.76 bits per heavy atom. The number of hydrogen-bond donors (Lipinski definition) is 1. The molecule has 0 aliphatic heterocycles. The van der Waals surface area contributed by atoms with Gasteiger partial charge in [-0.1, -0.05) is 0 Å². The van der Waals surface area contributed by atoms with Gasteiger partial charge in [-0.05, 0) is 38.1 Å². The highest BCUT2D eigenvalue weighted by Gasteiger charge is 2.17. The van der Waals surface area contributed by atoms with Gasteiger partial charge in [-0.3, -0.25) is 14.4 Å². The SMILES string of the molecule is CCOC(=O)CN(CC)C(=O)c1ccc(NC(C)=O)cc1. The molecule has 1 N–H and O–H groups in total. The molecule has 0 atom stereocenters. The average molecular weight is 292 g/mol. The number of carbonyl (C=O) groups excluding carboxylic acids is 3. The van der Waals surface area contributed by atoms with E-state index in [9.17, 15) is 14.4 Å². The van der Waals surface area contributed by atoms with Crippen LogP contribution in [0.5, 0.6) is 0 Å². The zero-order valence-corrected chi connectivity index (χ0v) is 12.5. The second kappa shape index (κ2) is 8.04. The Hall–Kier alpha value is -2.37. The molecule has 21 heavy (non-hydrogen) atoms. The van der Waals surface area contributed by atoms with Gasteiger partial charge in [-0.15, -0.1) is 0 Å². The number of likely N-dealkylation sites (N-methyl/N-ethyl adjacent to an activating group) is 1. The average Bonchev–Trinajstić information content (AvgIpc) is 2.44. The largest absolute Gasteiger partial charge is 0.465 e. The molecule has 1 aromatic rings. The number of esters is 1. The Bertz CT molecular complexity index is 511. The quantitative estimate of drug-likeness (QED) is 0.809. The van der Waals surface area contributed by atoms with E-state index < -0.39 is 5.97 Å². The van der Waals surface area contributed by atoms with E-state index in [4.69, 9.17) is 4.74 Å². The fourth-order valence-corrected chi connectivity index (χ4v) is 1.77. The summed E-state index contributed by atoms with van der Waals surface area (Å²) < 4.78 is 4.84. The van der Waals surface area contributed by atoms with E-state index in [2.05, 4.69) is 5.32 Å². The normalized spacial score (nSPS) is 9.86. The van der Waals surface area contributed by atoms with Crippen molar-refractivity contribution < 1.29 is 19.1 Å². The minimum atomic E-state index is -0.428. The molecule has 1 aromatic carbocycles. The fourth-order valence-electron chi connectivity index (χ4n) is 1.77. The van der Waals surface area contributed by atoms with Crippen molar-refractivity contribution in [2.24, 2.45) is 0 Å². The lowest BCUT2D eigenvalue weighted by Gasteiger charge is -2.19. The molecule has 6 heteroatoms. The highest BCUT2D eigenvalue weighted by Crippen LogP contribution is 2.11. The molecule has 0 unspecified atom stereocenters. The maximum absolute atomic E-state index is 12.3. The molecule has 0 aliphatic rings. The number of benzene rings is 1. The van der Waals surface area contributed by atoms with E-state index in [0.29, 0.717) is 17.8 Å². The van der Waals surface area contributed by atoms with Crippen molar-refractivity contribution in [2.45, 2.75) is 20.8 Å². The highest BCUT2D eigenvalue weighted by atomic mass is 16.5. The van der Waals surface area contributed by atoms with Crippen molar-refractivity contribution in [1.29, 1.82) is 0 Å². The van der Waals surface area contributed by atoms with Crippen LogP contribution in [0.1, 0.15) is 31.1 Å². The Morgan fingerprint density at radius 3 is 2.24 bits per heavy atom. The summed E-state index contributed by atoms with van der Waals surface area (Å²) in [7, 11) is 0.